The summed E-state index contributed by atoms with van der Waals surface area (Å²) in [6, 6.07) is 10.4. The maximum Gasteiger partial charge on any atom is 0.266 e. The second-order valence-corrected chi connectivity index (χ2v) is 9.14. The van der Waals surface area contributed by atoms with E-state index in [0.717, 1.165) is 11.3 Å². The predicted octanol–water partition coefficient (Wildman–Crippen LogP) is 6.08. The van der Waals surface area contributed by atoms with E-state index in [4.69, 9.17) is 16.3 Å². The Morgan fingerprint density at radius 3 is 2.62 bits per heavy atom. The normalized spacial score (nSPS) is 17.0. The fourth-order valence-electron chi connectivity index (χ4n) is 2.72. The number of thioether (sulfide) groups is 1. The van der Waals surface area contributed by atoms with Crippen LogP contribution >= 0.6 is 39.3 Å². The van der Waals surface area contributed by atoms with E-state index in [0.29, 0.717) is 31.9 Å². The molecule has 0 bridgehead atoms. The molecule has 1 heterocycles. The summed E-state index contributed by atoms with van der Waals surface area (Å²) in [4.78, 5) is 20.0. The molecule has 1 fully saturated rings. The Labute approximate surface area is 187 Å². The van der Waals surface area contributed by atoms with Crippen molar-refractivity contribution in [1.82, 2.24) is 4.90 Å². The number of ether oxygens (including phenoxy) is 1. The monoisotopic (exact) mass is 494 g/mol. The molecule has 0 radical (unpaired) electrons. The van der Waals surface area contributed by atoms with Gasteiger partial charge in [0.05, 0.1) is 17.7 Å². The number of methoxy groups -OCH3 is 1. The Bertz CT molecular complexity index is 990. The summed E-state index contributed by atoms with van der Waals surface area (Å²) in [5, 5.41) is 11.2. The number of amidine groups is 1. The van der Waals surface area contributed by atoms with Crippen molar-refractivity contribution < 1.29 is 14.6 Å². The van der Waals surface area contributed by atoms with Crippen molar-refractivity contribution in [3.05, 3.63) is 56.4 Å². The fourth-order valence-corrected chi connectivity index (χ4v) is 4.29. The number of phenols is 1. The molecule has 0 unspecified atom stereocenters. The maximum atomic E-state index is 13.1. The molecule has 8 heteroatoms. The molecule has 1 aliphatic rings. The third-order valence-electron chi connectivity index (χ3n) is 4.07. The number of aromatic hydroxyl groups is 1. The molecule has 3 rings (SSSR count). The Hall–Kier alpha value is -1.96. The summed E-state index contributed by atoms with van der Waals surface area (Å²) in [6.07, 6.45) is 1.77. The molecule has 152 valence electrons. The summed E-state index contributed by atoms with van der Waals surface area (Å²) < 4.78 is 5.84. The van der Waals surface area contributed by atoms with Gasteiger partial charge in [0, 0.05) is 16.0 Å². The van der Waals surface area contributed by atoms with Gasteiger partial charge in [-0.05, 0) is 65.7 Å². The van der Waals surface area contributed by atoms with E-state index < -0.39 is 0 Å². The van der Waals surface area contributed by atoms with Crippen molar-refractivity contribution in [1.29, 1.82) is 0 Å². The van der Waals surface area contributed by atoms with Crippen LogP contribution in [0.5, 0.6) is 11.5 Å². The SMILES string of the molecule is COc1cc(/C=C2\SC(=Nc3ccc(Cl)cc3)N(CC(C)C)C2=O)c(Br)cc1O. The number of nitrogens with zero attached hydrogens (tertiary/aromatic N) is 2. The van der Waals surface area contributed by atoms with Crippen molar-refractivity contribution >= 4 is 62.1 Å². The van der Waals surface area contributed by atoms with Gasteiger partial charge in [0.1, 0.15) is 0 Å². The molecule has 2 aromatic carbocycles. The molecule has 1 saturated heterocycles. The van der Waals surface area contributed by atoms with Crippen LogP contribution in [0, 0.1) is 5.92 Å². The van der Waals surface area contributed by atoms with E-state index in [1.54, 1.807) is 35.2 Å². The molecule has 0 aliphatic carbocycles. The van der Waals surface area contributed by atoms with Crippen molar-refractivity contribution in [2.24, 2.45) is 10.9 Å². The molecular formula is C21H20BrClN2O3S. The first-order chi connectivity index (χ1) is 13.8. The van der Waals surface area contributed by atoms with Crippen LogP contribution in [0.1, 0.15) is 19.4 Å². The van der Waals surface area contributed by atoms with Crippen molar-refractivity contribution in [3.8, 4) is 11.5 Å². The van der Waals surface area contributed by atoms with E-state index in [9.17, 15) is 9.90 Å². The average molecular weight is 496 g/mol. The predicted molar refractivity (Wildman–Crippen MR) is 123 cm³/mol. The van der Waals surface area contributed by atoms with E-state index in [1.807, 2.05) is 12.1 Å². The van der Waals surface area contributed by atoms with Crippen molar-refractivity contribution in [3.63, 3.8) is 0 Å². The lowest BCUT2D eigenvalue weighted by Gasteiger charge is -2.17. The molecule has 1 amide bonds. The molecule has 5 nitrogen and oxygen atoms in total. The number of benzene rings is 2. The Morgan fingerprint density at radius 2 is 2.00 bits per heavy atom. The molecule has 0 spiro atoms. The first kappa shape index (κ1) is 21.7. The number of carbonyl (C=O) groups excluding carboxylic acids is 1. The first-order valence-corrected chi connectivity index (χ1v) is 10.9. The summed E-state index contributed by atoms with van der Waals surface area (Å²) in [7, 11) is 1.48. The van der Waals surface area contributed by atoms with Gasteiger partial charge in [-0.15, -0.1) is 0 Å². The second-order valence-electron chi connectivity index (χ2n) is 6.84. The van der Waals surface area contributed by atoms with Gasteiger partial charge in [-0.3, -0.25) is 9.69 Å². The van der Waals surface area contributed by atoms with E-state index in [1.165, 1.54) is 18.9 Å². The summed E-state index contributed by atoms with van der Waals surface area (Å²) in [5.41, 5.74) is 1.46. The molecular weight excluding hydrogens is 476 g/mol. The Kier molecular flexibility index (Phi) is 6.93. The zero-order valence-corrected chi connectivity index (χ0v) is 19.3. The highest BCUT2D eigenvalue weighted by Gasteiger charge is 2.34. The zero-order chi connectivity index (χ0) is 21.1. The average Bonchev–Trinajstić information content (AvgIpc) is 2.94. The highest BCUT2D eigenvalue weighted by Crippen LogP contribution is 2.38. The van der Waals surface area contributed by atoms with Gasteiger partial charge in [0.2, 0.25) is 0 Å². The van der Waals surface area contributed by atoms with Crippen LogP contribution in [-0.4, -0.2) is 34.7 Å². The van der Waals surface area contributed by atoms with E-state index >= 15 is 0 Å². The van der Waals surface area contributed by atoms with Gasteiger partial charge in [-0.1, -0.05) is 41.4 Å². The number of hydrogen-bond donors (Lipinski definition) is 1. The lowest BCUT2D eigenvalue weighted by molar-refractivity contribution is -0.122. The largest absolute Gasteiger partial charge is 0.504 e. The summed E-state index contributed by atoms with van der Waals surface area (Å²) >= 11 is 10.7. The van der Waals surface area contributed by atoms with Crippen LogP contribution in [0.25, 0.3) is 6.08 Å². The lowest BCUT2D eigenvalue weighted by Crippen LogP contribution is -2.32. The van der Waals surface area contributed by atoms with Crippen LogP contribution in [-0.2, 0) is 4.79 Å². The molecule has 2 aromatic rings. The minimum absolute atomic E-state index is 0.0263. The molecule has 0 saturated carbocycles. The Morgan fingerprint density at radius 1 is 1.31 bits per heavy atom. The van der Waals surface area contributed by atoms with Gasteiger partial charge in [-0.25, -0.2) is 4.99 Å². The number of amides is 1. The number of phenolic OH excluding ortho intramolecular Hbond substituents is 1. The lowest BCUT2D eigenvalue weighted by atomic mass is 10.1. The number of rotatable bonds is 5. The number of aliphatic imine (C=N–C) groups is 1. The van der Waals surface area contributed by atoms with Gasteiger partial charge in [0.25, 0.3) is 5.91 Å². The topological polar surface area (TPSA) is 62.1 Å². The highest BCUT2D eigenvalue weighted by molar-refractivity contribution is 9.10. The molecule has 29 heavy (non-hydrogen) atoms. The summed E-state index contributed by atoms with van der Waals surface area (Å²) in [6.45, 7) is 4.68. The van der Waals surface area contributed by atoms with Gasteiger partial charge < -0.3 is 9.84 Å². The fraction of sp³-hybridized carbons (Fsp3) is 0.238. The number of hydrogen-bond acceptors (Lipinski definition) is 5. The molecule has 0 aromatic heterocycles. The van der Waals surface area contributed by atoms with E-state index in [-0.39, 0.29) is 17.6 Å². The van der Waals surface area contributed by atoms with Crippen LogP contribution < -0.4 is 4.74 Å². The Balaban J connectivity index is 2.00. The van der Waals surface area contributed by atoms with E-state index in [2.05, 4.69) is 34.8 Å². The molecule has 1 N–H and O–H groups in total. The third-order valence-corrected chi connectivity index (χ3v) is 6.02. The number of carbonyl (C=O) groups is 1. The quantitative estimate of drug-likeness (QED) is 0.511. The second kappa shape index (κ2) is 9.24. The third kappa shape index (κ3) is 5.15. The zero-order valence-electron chi connectivity index (χ0n) is 16.1. The van der Waals surface area contributed by atoms with Gasteiger partial charge in [-0.2, -0.15) is 0 Å². The number of halogens is 2. The smallest absolute Gasteiger partial charge is 0.266 e. The maximum absolute atomic E-state index is 13.1. The highest BCUT2D eigenvalue weighted by atomic mass is 79.9. The van der Waals surface area contributed by atoms with Crippen molar-refractivity contribution in [2.45, 2.75) is 13.8 Å². The van der Waals surface area contributed by atoms with Crippen LogP contribution in [0.2, 0.25) is 5.02 Å². The van der Waals surface area contributed by atoms with Crippen LogP contribution in [0.15, 0.2) is 50.8 Å². The van der Waals surface area contributed by atoms with Gasteiger partial charge >= 0.3 is 0 Å². The molecule has 1 aliphatic heterocycles. The van der Waals surface area contributed by atoms with Crippen LogP contribution in [0.4, 0.5) is 5.69 Å². The minimum atomic E-state index is -0.102. The first-order valence-electron chi connectivity index (χ1n) is 8.90. The van der Waals surface area contributed by atoms with Gasteiger partial charge in [0.15, 0.2) is 16.7 Å². The van der Waals surface area contributed by atoms with Crippen molar-refractivity contribution in [2.75, 3.05) is 13.7 Å². The molecule has 0 atom stereocenters. The van der Waals surface area contributed by atoms with Crippen LogP contribution in [0.3, 0.4) is 0 Å². The standard InChI is InChI=1S/C21H20BrClN2O3S/c1-12(2)11-25-20(27)19(9-13-8-18(28-3)17(26)10-16(13)22)29-21(25)24-15-6-4-14(23)5-7-15/h4-10,12,26H,11H2,1-3H3/b19-9-,24-21?. The summed E-state index contributed by atoms with van der Waals surface area (Å²) in [5.74, 6) is 0.549. The minimum Gasteiger partial charge on any atom is -0.504 e.